The molecule has 0 aliphatic rings. The van der Waals surface area contributed by atoms with E-state index >= 15 is 0 Å². The second kappa shape index (κ2) is 6.71. The van der Waals surface area contributed by atoms with Crippen molar-refractivity contribution in [3.05, 3.63) is 29.6 Å². The van der Waals surface area contributed by atoms with Crippen LogP contribution in [0.2, 0.25) is 0 Å². The molecule has 0 saturated heterocycles. The largest absolute Gasteiger partial charge is 0.494 e. The molecule has 0 aromatic heterocycles. The van der Waals surface area contributed by atoms with Crippen LogP contribution >= 0.6 is 11.6 Å². The molecule has 0 saturated carbocycles. The molecule has 1 atom stereocenters. The third kappa shape index (κ3) is 3.35. The predicted molar refractivity (Wildman–Crippen MR) is 64.6 cm³/mol. The van der Waals surface area contributed by atoms with Crippen LogP contribution in [-0.4, -0.2) is 19.0 Å². The van der Waals surface area contributed by atoms with Crippen LogP contribution in [0.1, 0.15) is 18.9 Å². The summed E-state index contributed by atoms with van der Waals surface area (Å²) in [5, 5.41) is 3.20. The van der Waals surface area contributed by atoms with Crippen LogP contribution in [0.25, 0.3) is 0 Å². The van der Waals surface area contributed by atoms with Crippen molar-refractivity contribution in [1.82, 2.24) is 5.32 Å². The van der Waals surface area contributed by atoms with Gasteiger partial charge in [-0.2, -0.15) is 0 Å². The Labute approximate surface area is 101 Å². The number of hydrogen-bond donors (Lipinski definition) is 1. The number of ether oxygens (including phenoxy) is 1. The first kappa shape index (κ1) is 13.3. The zero-order valence-corrected chi connectivity index (χ0v) is 10.4. The molecule has 1 aromatic rings. The van der Waals surface area contributed by atoms with Crippen molar-refractivity contribution in [1.29, 1.82) is 0 Å². The summed E-state index contributed by atoms with van der Waals surface area (Å²) in [5.41, 5.74) is 0.600. The van der Waals surface area contributed by atoms with Gasteiger partial charge >= 0.3 is 0 Å². The second-order valence-corrected chi connectivity index (χ2v) is 3.88. The lowest BCUT2D eigenvalue weighted by Crippen LogP contribution is -2.29. The summed E-state index contributed by atoms with van der Waals surface area (Å²) in [7, 11) is 1.46. The van der Waals surface area contributed by atoms with Crippen molar-refractivity contribution in [3.63, 3.8) is 0 Å². The van der Waals surface area contributed by atoms with Crippen molar-refractivity contribution in [2.45, 2.75) is 25.9 Å². The Morgan fingerprint density at radius 3 is 2.81 bits per heavy atom. The van der Waals surface area contributed by atoms with Gasteiger partial charge in [0.1, 0.15) is 0 Å². The van der Waals surface area contributed by atoms with Gasteiger partial charge in [0.15, 0.2) is 11.6 Å². The van der Waals surface area contributed by atoms with Crippen molar-refractivity contribution >= 4 is 11.6 Å². The number of methoxy groups -OCH3 is 1. The van der Waals surface area contributed by atoms with Crippen molar-refractivity contribution < 1.29 is 9.13 Å². The molecular formula is C12H17ClFNO. The Morgan fingerprint density at radius 2 is 2.25 bits per heavy atom. The number of rotatable bonds is 6. The molecule has 16 heavy (non-hydrogen) atoms. The summed E-state index contributed by atoms with van der Waals surface area (Å²) in [6.07, 6.45) is 0.926. The van der Waals surface area contributed by atoms with E-state index in [1.54, 1.807) is 18.2 Å². The van der Waals surface area contributed by atoms with Gasteiger partial charge in [0.05, 0.1) is 7.11 Å². The minimum atomic E-state index is -0.304. The molecule has 1 N–H and O–H groups in total. The van der Waals surface area contributed by atoms with Gasteiger partial charge in [-0.05, 0) is 12.5 Å². The van der Waals surface area contributed by atoms with Gasteiger partial charge in [-0.1, -0.05) is 19.1 Å². The topological polar surface area (TPSA) is 21.3 Å². The van der Waals surface area contributed by atoms with E-state index in [4.69, 9.17) is 16.3 Å². The van der Waals surface area contributed by atoms with Crippen LogP contribution in [0.4, 0.5) is 4.39 Å². The highest BCUT2D eigenvalue weighted by atomic mass is 35.5. The van der Waals surface area contributed by atoms with Gasteiger partial charge in [-0.3, -0.25) is 0 Å². The van der Waals surface area contributed by atoms with Gasteiger partial charge in [0.25, 0.3) is 0 Å². The summed E-state index contributed by atoms with van der Waals surface area (Å²) in [5.74, 6) is 0.502. The maximum absolute atomic E-state index is 13.7. The average Bonchev–Trinajstić information content (AvgIpc) is 2.32. The van der Waals surface area contributed by atoms with E-state index in [1.165, 1.54) is 7.11 Å². The second-order valence-electron chi connectivity index (χ2n) is 3.57. The van der Waals surface area contributed by atoms with Crippen molar-refractivity contribution in [3.8, 4) is 5.75 Å². The fraction of sp³-hybridized carbons (Fsp3) is 0.500. The molecule has 0 aliphatic heterocycles. The molecule has 2 nitrogen and oxygen atoms in total. The lowest BCUT2D eigenvalue weighted by atomic mass is 10.1. The third-order valence-corrected chi connectivity index (χ3v) is 2.90. The minimum absolute atomic E-state index is 0.215. The number of alkyl halides is 1. The fourth-order valence-corrected chi connectivity index (χ4v) is 1.74. The molecule has 0 amide bonds. The molecule has 1 rings (SSSR count). The summed E-state index contributed by atoms with van der Waals surface area (Å²) in [6, 6.07) is 5.34. The number of nitrogens with one attached hydrogen (secondary N) is 1. The molecule has 0 aliphatic carbocycles. The van der Waals surface area contributed by atoms with Crippen LogP contribution in [0.3, 0.4) is 0 Å². The van der Waals surface area contributed by atoms with E-state index in [0.717, 1.165) is 6.42 Å². The Hall–Kier alpha value is -0.800. The average molecular weight is 246 g/mol. The third-order valence-electron chi connectivity index (χ3n) is 2.52. The highest BCUT2D eigenvalue weighted by Crippen LogP contribution is 2.19. The van der Waals surface area contributed by atoms with E-state index in [0.29, 0.717) is 18.0 Å². The van der Waals surface area contributed by atoms with Crippen LogP contribution in [0.15, 0.2) is 18.2 Å². The SMILES string of the molecule is CCC(CCl)NCc1cccc(OC)c1F. The van der Waals surface area contributed by atoms with Crippen LogP contribution in [0, 0.1) is 5.82 Å². The first-order valence-electron chi connectivity index (χ1n) is 5.33. The first-order valence-corrected chi connectivity index (χ1v) is 5.87. The Bertz CT molecular complexity index is 329. The molecule has 1 unspecified atom stereocenters. The zero-order valence-electron chi connectivity index (χ0n) is 9.59. The number of hydrogen-bond acceptors (Lipinski definition) is 2. The molecule has 4 heteroatoms. The van der Waals surface area contributed by atoms with Gasteiger partial charge in [0.2, 0.25) is 0 Å². The standard InChI is InChI=1S/C12H17ClFNO/c1-3-10(7-13)15-8-9-5-4-6-11(16-2)12(9)14/h4-6,10,15H,3,7-8H2,1-2H3. The predicted octanol–water partition coefficient (Wildman–Crippen LogP) is 2.94. The zero-order chi connectivity index (χ0) is 12.0. The summed E-state index contributed by atoms with van der Waals surface area (Å²) in [6.45, 7) is 2.51. The monoisotopic (exact) mass is 245 g/mol. The lowest BCUT2D eigenvalue weighted by molar-refractivity contribution is 0.382. The van der Waals surface area contributed by atoms with Gasteiger partial charge in [-0.15, -0.1) is 11.6 Å². The number of halogens is 2. The first-order chi connectivity index (χ1) is 7.72. The molecule has 90 valence electrons. The highest BCUT2D eigenvalue weighted by molar-refractivity contribution is 6.18. The molecule has 0 heterocycles. The Balaban J connectivity index is 2.66. The molecule has 1 aromatic carbocycles. The summed E-state index contributed by atoms with van der Waals surface area (Å²) in [4.78, 5) is 0. The van der Waals surface area contributed by atoms with Crippen molar-refractivity contribution in [2.75, 3.05) is 13.0 Å². The lowest BCUT2D eigenvalue weighted by Gasteiger charge is -2.14. The molecular weight excluding hydrogens is 229 g/mol. The molecule has 0 bridgehead atoms. The maximum atomic E-state index is 13.7. The minimum Gasteiger partial charge on any atom is -0.494 e. The normalized spacial score (nSPS) is 12.5. The van der Waals surface area contributed by atoms with Crippen LogP contribution in [0.5, 0.6) is 5.75 Å². The van der Waals surface area contributed by atoms with E-state index in [9.17, 15) is 4.39 Å². The van der Waals surface area contributed by atoms with Gasteiger partial charge in [-0.25, -0.2) is 4.39 Å². The van der Waals surface area contributed by atoms with E-state index < -0.39 is 0 Å². The molecule has 0 fully saturated rings. The number of benzene rings is 1. The summed E-state index contributed by atoms with van der Waals surface area (Å²) < 4.78 is 18.6. The smallest absolute Gasteiger partial charge is 0.169 e. The van der Waals surface area contributed by atoms with Crippen LogP contribution < -0.4 is 10.1 Å². The quantitative estimate of drug-likeness (QED) is 0.778. The summed E-state index contributed by atoms with van der Waals surface area (Å²) >= 11 is 5.75. The fourth-order valence-electron chi connectivity index (χ4n) is 1.41. The maximum Gasteiger partial charge on any atom is 0.169 e. The molecule has 0 radical (unpaired) electrons. The highest BCUT2D eigenvalue weighted by Gasteiger charge is 2.09. The van der Waals surface area contributed by atoms with Gasteiger partial charge in [0, 0.05) is 24.0 Å². The van der Waals surface area contributed by atoms with Crippen molar-refractivity contribution in [2.24, 2.45) is 0 Å². The van der Waals surface area contributed by atoms with E-state index in [2.05, 4.69) is 5.32 Å². The van der Waals surface area contributed by atoms with Gasteiger partial charge < -0.3 is 10.1 Å². The van der Waals surface area contributed by atoms with Crippen LogP contribution in [-0.2, 0) is 6.54 Å². The van der Waals surface area contributed by atoms with E-state index in [-0.39, 0.29) is 17.6 Å². The molecule has 0 spiro atoms. The van der Waals surface area contributed by atoms with E-state index in [1.807, 2.05) is 6.92 Å². The Kier molecular flexibility index (Phi) is 5.56. The Morgan fingerprint density at radius 1 is 1.50 bits per heavy atom.